The minimum Gasteiger partial charge on any atom is -0.465 e. The van der Waals surface area contributed by atoms with Crippen LogP contribution in [0.25, 0.3) is 0 Å². The SMILES string of the molecule is O=C(O)N1CCN(C(=O)O)CCN(C(=O)O)C(CO)CN(C(=O)O)CC1. The quantitative estimate of drug-likeness (QED) is 0.393. The largest absolute Gasteiger partial charge is 0.465 e. The first kappa shape index (κ1) is 21.1. The molecule has 0 spiro atoms. The average molecular weight is 378 g/mol. The first-order valence-electron chi connectivity index (χ1n) is 7.71. The molecule has 1 unspecified atom stereocenters. The molecule has 0 aliphatic carbocycles. The molecule has 1 saturated heterocycles. The molecule has 1 atom stereocenters. The lowest BCUT2D eigenvalue weighted by Crippen LogP contribution is -2.54. The third kappa shape index (κ3) is 5.84. The van der Waals surface area contributed by atoms with Crippen molar-refractivity contribution in [2.75, 3.05) is 52.4 Å². The number of aliphatic hydroxyl groups excluding tert-OH is 1. The van der Waals surface area contributed by atoms with E-state index in [4.69, 9.17) is 0 Å². The van der Waals surface area contributed by atoms with Crippen LogP contribution in [0.15, 0.2) is 0 Å². The summed E-state index contributed by atoms with van der Waals surface area (Å²) in [5, 5.41) is 46.4. The van der Waals surface area contributed by atoms with Crippen molar-refractivity contribution in [3.63, 3.8) is 0 Å². The number of carbonyl (C=O) groups is 4. The van der Waals surface area contributed by atoms with E-state index >= 15 is 0 Å². The summed E-state index contributed by atoms with van der Waals surface area (Å²) in [6.07, 6.45) is -5.48. The van der Waals surface area contributed by atoms with Gasteiger partial charge in [-0.25, -0.2) is 19.2 Å². The Morgan fingerprint density at radius 2 is 1.04 bits per heavy atom. The Balaban J connectivity index is 3.10. The Hall–Kier alpha value is -2.96. The van der Waals surface area contributed by atoms with Crippen molar-refractivity contribution in [2.24, 2.45) is 0 Å². The van der Waals surface area contributed by atoms with Gasteiger partial charge in [0.05, 0.1) is 12.6 Å². The van der Waals surface area contributed by atoms with Crippen LogP contribution in [0.2, 0.25) is 0 Å². The standard InChI is InChI=1S/C13H22N4O9/c18-8-9-7-16(12(23)24)4-3-14(10(19)20)1-2-15(11(21)22)5-6-17(9)13(25)26/h9,18H,1-8H2,(H,19,20)(H,21,22)(H,23,24)(H,25,26). The first-order chi connectivity index (χ1) is 12.2. The molecule has 4 amide bonds. The Morgan fingerprint density at radius 1 is 0.654 bits per heavy atom. The van der Waals surface area contributed by atoms with Gasteiger partial charge in [-0.3, -0.25) is 4.90 Å². The third-order valence-electron chi connectivity index (χ3n) is 4.03. The Bertz CT molecular complexity index is 544. The molecule has 1 aliphatic heterocycles. The second kappa shape index (κ2) is 9.50. The Morgan fingerprint density at radius 3 is 1.38 bits per heavy atom. The van der Waals surface area contributed by atoms with Gasteiger partial charge in [0.2, 0.25) is 0 Å². The smallest absolute Gasteiger partial charge is 0.407 e. The van der Waals surface area contributed by atoms with Gasteiger partial charge in [0, 0.05) is 45.8 Å². The molecule has 1 heterocycles. The number of aliphatic hydroxyl groups is 1. The second-order valence-electron chi connectivity index (χ2n) is 5.58. The lowest BCUT2D eigenvalue weighted by Gasteiger charge is -2.35. The molecule has 0 radical (unpaired) electrons. The van der Waals surface area contributed by atoms with Crippen molar-refractivity contribution < 1.29 is 44.7 Å². The summed E-state index contributed by atoms with van der Waals surface area (Å²) in [6, 6.07) is -1.11. The molecule has 1 rings (SSSR count). The molecule has 0 saturated carbocycles. The molecule has 1 fully saturated rings. The minimum atomic E-state index is -1.43. The lowest BCUT2D eigenvalue weighted by molar-refractivity contribution is 0.0588. The van der Waals surface area contributed by atoms with Gasteiger partial charge < -0.3 is 40.2 Å². The van der Waals surface area contributed by atoms with E-state index in [0.29, 0.717) is 0 Å². The summed E-state index contributed by atoms with van der Waals surface area (Å²) in [4.78, 5) is 48.7. The fourth-order valence-electron chi connectivity index (χ4n) is 2.53. The highest BCUT2D eigenvalue weighted by Gasteiger charge is 2.29. The molecule has 0 aromatic rings. The van der Waals surface area contributed by atoms with Gasteiger partial charge in [-0.1, -0.05) is 0 Å². The van der Waals surface area contributed by atoms with Crippen LogP contribution in [0, 0.1) is 0 Å². The van der Waals surface area contributed by atoms with Gasteiger partial charge in [0.1, 0.15) is 0 Å². The van der Waals surface area contributed by atoms with Crippen molar-refractivity contribution in [1.82, 2.24) is 19.6 Å². The normalized spacial score (nSPS) is 20.1. The summed E-state index contributed by atoms with van der Waals surface area (Å²) in [5.41, 5.74) is 0. The maximum atomic E-state index is 11.4. The first-order valence-corrected chi connectivity index (χ1v) is 7.71. The van der Waals surface area contributed by atoms with E-state index in [2.05, 4.69) is 0 Å². The van der Waals surface area contributed by atoms with E-state index in [1.165, 1.54) is 0 Å². The molecule has 0 bridgehead atoms. The summed E-state index contributed by atoms with van der Waals surface area (Å²) in [7, 11) is 0. The summed E-state index contributed by atoms with van der Waals surface area (Å²) in [5.74, 6) is 0. The lowest BCUT2D eigenvalue weighted by atomic mass is 10.2. The maximum absolute atomic E-state index is 11.4. The predicted molar refractivity (Wildman–Crippen MR) is 84.4 cm³/mol. The molecule has 13 nitrogen and oxygen atoms in total. The van der Waals surface area contributed by atoms with Crippen molar-refractivity contribution in [1.29, 1.82) is 0 Å². The van der Waals surface area contributed by atoms with Gasteiger partial charge in [-0.05, 0) is 0 Å². The number of carboxylic acid groups (broad SMARTS) is 4. The van der Waals surface area contributed by atoms with Gasteiger partial charge in [-0.15, -0.1) is 0 Å². The van der Waals surface area contributed by atoms with E-state index in [1.807, 2.05) is 0 Å². The zero-order valence-electron chi connectivity index (χ0n) is 13.9. The monoisotopic (exact) mass is 378 g/mol. The number of hydrogen-bond donors (Lipinski definition) is 5. The van der Waals surface area contributed by atoms with Gasteiger partial charge in [-0.2, -0.15) is 0 Å². The summed E-state index contributed by atoms with van der Waals surface area (Å²) < 4.78 is 0. The third-order valence-corrected chi connectivity index (χ3v) is 4.03. The van der Waals surface area contributed by atoms with Crippen LogP contribution in [-0.4, -0.2) is 128 Å². The summed E-state index contributed by atoms with van der Waals surface area (Å²) >= 11 is 0. The molecular formula is C13H22N4O9. The number of nitrogens with zero attached hydrogens (tertiary/aromatic N) is 4. The molecule has 148 valence electrons. The van der Waals surface area contributed by atoms with Crippen LogP contribution in [-0.2, 0) is 0 Å². The molecule has 5 N–H and O–H groups in total. The van der Waals surface area contributed by atoms with Gasteiger partial charge in [0.15, 0.2) is 0 Å². The Kier molecular flexibility index (Phi) is 7.71. The zero-order valence-corrected chi connectivity index (χ0v) is 13.9. The van der Waals surface area contributed by atoms with Gasteiger partial charge >= 0.3 is 24.4 Å². The van der Waals surface area contributed by atoms with E-state index in [1.54, 1.807) is 0 Å². The predicted octanol–water partition coefficient (Wildman–Crippen LogP) is -0.719. The highest BCUT2D eigenvalue weighted by molar-refractivity contribution is 5.68. The number of amides is 4. The van der Waals surface area contributed by atoms with E-state index < -0.39 is 37.0 Å². The van der Waals surface area contributed by atoms with Crippen LogP contribution in [0.3, 0.4) is 0 Å². The fraction of sp³-hybridized carbons (Fsp3) is 0.692. The Labute approximate surface area is 148 Å². The van der Waals surface area contributed by atoms with Crippen LogP contribution in [0.4, 0.5) is 19.2 Å². The number of hydrogen-bond acceptors (Lipinski definition) is 5. The van der Waals surface area contributed by atoms with Crippen molar-refractivity contribution in [3.8, 4) is 0 Å². The summed E-state index contributed by atoms with van der Waals surface area (Å²) in [6.45, 7) is -2.47. The highest BCUT2D eigenvalue weighted by atomic mass is 16.4. The van der Waals surface area contributed by atoms with Crippen molar-refractivity contribution in [2.45, 2.75) is 6.04 Å². The van der Waals surface area contributed by atoms with Crippen LogP contribution in [0.5, 0.6) is 0 Å². The van der Waals surface area contributed by atoms with E-state index in [9.17, 15) is 44.7 Å². The van der Waals surface area contributed by atoms with E-state index in [-0.39, 0.29) is 45.8 Å². The zero-order chi connectivity index (χ0) is 19.9. The minimum absolute atomic E-state index is 0.189. The topological polar surface area (TPSA) is 182 Å². The second-order valence-corrected chi connectivity index (χ2v) is 5.58. The van der Waals surface area contributed by atoms with Crippen molar-refractivity contribution in [3.05, 3.63) is 0 Å². The van der Waals surface area contributed by atoms with E-state index in [0.717, 1.165) is 19.6 Å². The average Bonchev–Trinajstić information content (AvgIpc) is 2.53. The molecule has 13 heteroatoms. The maximum Gasteiger partial charge on any atom is 0.407 e. The van der Waals surface area contributed by atoms with Gasteiger partial charge in [0.25, 0.3) is 0 Å². The van der Waals surface area contributed by atoms with Crippen LogP contribution >= 0.6 is 0 Å². The van der Waals surface area contributed by atoms with Crippen LogP contribution < -0.4 is 0 Å². The number of rotatable bonds is 1. The molecule has 1 aliphatic rings. The molecular weight excluding hydrogens is 356 g/mol. The van der Waals surface area contributed by atoms with Crippen LogP contribution in [0.1, 0.15) is 0 Å². The molecule has 0 aromatic heterocycles. The molecule has 0 aromatic carbocycles. The highest BCUT2D eigenvalue weighted by Crippen LogP contribution is 2.07. The molecule has 26 heavy (non-hydrogen) atoms. The van der Waals surface area contributed by atoms with Crippen molar-refractivity contribution >= 4 is 24.4 Å². The fourth-order valence-corrected chi connectivity index (χ4v) is 2.53.